The molecule has 0 spiro atoms. The molecule has 5 heteroatoms. The fourth-order valence-electron chi connectivity index (χ4n) is 1.01. The van der Waals surface area contributed by atoms with Crippen molar-refractivity contribution in [3.05, 3.63) is 23.2 Å². The summed E-state index contributed by atoms with van der Waals surface area (Å²) < 4.78 is 18.3. The van der Waals surface area contributed by atoms with Crippen LogP contribution in [0.5, 0.6) is 0 Å². The number of halogens is 2. The van der Waals surface area contributed by atoms with Crippen molar-refractivity contribution in [2.75, 3.05) is 13.2 Å². The van der Waals surface area contributed by atoms with Crippen molar-refractivity contribution in [1.29, 1.82) is 0 Å². The minimum absolute atomic E-state index is 0.0559. The van der Waals surface area contributed by atoms with Crippen LogP contribution in [-0.2, 0) is 10.4 Å². The Labute approximate surface area is 73.5 Å². The van der Waals surface area contributed by atoms with Gasteiger partial charge in [0.2, 0.25) is 5.28 Å². The fraction of sp³-hybridized carbons (Fsp3) is 0.429. The van der Waals surface area contributed by atoms with Crippen LogP contribution in [0.1, 0.15) is 5.69 Å². The largest absolute Gasteiger partial charge is 0.374 e. The molecule has 0 aromatic carbocycles. The lowest BCUT2D eigenvalue weighted by atomic mass is 10.0. The summed E-state index contributed by atoms with van der Waals surface area (Å²) in [5.74, 6) is 0. The second kappa shape index (κ2) is 2.64. The van der Waals surface area contributed by atoms with Crippen LogP contribution >= 0.6 is 11.6 Å². The first-order valence-corrected chi connectivity index (χ1v) is 3.84. The lowest BCUT2D eigenvalue weighted by molar-refractivity contribution is -0.137. The Morgan fingerprint density at radius 1 is 1.58 bits per heavy atom. The van der Waals surface area contributed by atoms with Crippen LogP contribution in [-0.4, -0.2) is 23.2 Å². The lowest BCUT2D eigenvalue weighted by Crippen LogP contribution is -2.43. The molecule has 1 saturated heterocycles. The number of rotatable bonds is 1. The summed E-state index contributed by atoms with van der Waals surface area (Å²) in [6.45, 7) is 0.112. The van der Waals surface area contributed by atoms with Crippen LogP contribution in [0.2, 0.25) is 5.28 Å². The molecule has 0 N–H and O–H groups in total. The van der Waals surface area contributed by atoms with Crippen molar-refractivity contribution in [1.82, 2.24) is 9.97 Å². The quantitative estimate of drug-likeness (QED) is 0.624. The van der Waals surface area contributed by atoms with Crippen LogP contribution in [0.25, 0.3) is 0 Å². The highest BCUT2D eigenvalue weighted by molar-refractivity contribution is 6.28. The molecule has 0 unspecified atom stereocenters. The summed E-state index contributed by atoms with van der Waals surface area (Å²) in [4.78, 5) is 7.42. The second-order valence-electron chi connectivity index (χ2n) is 2.67. The Kier molecular flexibility index (Phi) is 1.73. The summed E-state index contributed by atoms with van der Waals surface area (Å²) in [5.41, 5.74) is -1.15. The molecule has 1 fully saturated rings. The van der Waals surface area contributed by atoms with Gasteiger partial charge in [0.05, 0.1) is 18.9 Å². The first-order valence-electron chi connectivity index (χ1n) is 3.46. The van der Waals surface area contributed by atoms with E-state index >= 15 is 0 Å². The molecule has 2 rings (SSSR count). The van der Waals surface area contributed by atoms with E-state index in [2.05, 4.69) is 9.97 Å². The van der Waals surface area contributed by atoms with Gasteiger partial charge in [0.25, 0.3) is 0 Å². The summed E-state index contributed by atoms with van der Waals surface area (Å²) in [7, 11) is 0. The third kappa shape index (κ3) is 1.17. The van der Waals surface area contributed by atoms with Gasteiger partial charge >= 0.3 is 0 Å². The highest BCUT2D eigenvalue weighted by Crippen LogP contribution is 2.32. The molecule has 3 nitrogen and oxygen atoms in total. The molecule has 0 aliphatic carbocycles. The van der Waals surface area contributed by atoms with Crippen molar-refractivity contribution in [3.63, 3.8) is 0 Å². The van der Waals surface area contributed by atoms with E-state index < -0.39 is 5.67 Å². The van der Waals surface area contributed by atoms with E-state index in [1.54, 1.807) is 0 Å². The first kappa shape index (κ1) is 7.89. The number of hydrogen-bond donors (Lipinski definition) is 0. The Bertz CT molecular complexity index is 303. The Balaban J connectivity index is 2.33. The second-order valence-corrected chi connectivity index (χ2v) is 3.01. The zero-order valence-electron chi connectivity index (χ0n) is 6.13. The summed E-state index contributed by atoms with van der Waals surface area (Å²) in [6.07, 6.45) is 1.43. The molecule has 12 heavy (non-hydrogen) atoms. The number of alkyl halides is 1. The van der Waals surface area contributed by atoms with Gasteiger partial charge in [-0.2, -0.15) is 0 Å². The standard InChI is InChI=1S/C7H6ClFN2O/c8-6-10-2-1-5(11-6)7(9)3-12-4-7/h1-2H,3-4H2. The molecule has 1 aliphatic heterocycles. The van der Waals surface area contributed by atoms with Gasteiger partial charge in [0.15, 0.2) is 5.67 Å². The predicted molar refractivity (Wildman–Crippen MR) is 40.6 cm³/mol. The number of aromatic nitrogens is 2. The minimum Gasteiger partial charge on any atom is -0.374 e. The van der Waals surface area contributed by atoms with Gasteiger partial charge in [-0.1, -0.05) is 0 Å². The molecule has 1 aromatic heterocycles. The molecular weight excluding hydrogens is 183 g/mol. The van der Waals surface area contributed by atoms with E-state index in [-0.39, 0.29) is 18.5 Å². The maximum absolute atomic E-state index is 13.5. The van der Waals surface area contributed by atoms with Crippen LogP contribution in [0, 0.1) is 0 Å². The normalized spacial score (nSPS) is 20.2. The fourth-order valence-corrected chi connectivity index (χ4v) is 1.16. The minimum atomic E-state index is -1.45. The van der Waals surface area contributed by atoms with Gasteiger partial charge in [-0.3, -0.25) is 0 Å². The monoisotopic (exact) mass is 188 g/mol. The summed E-state index contributed by atoms with van der Waals surface area (Å²) >= 11 is 5.50. The van der Waals surface area contributed by atoms with Gasteiger partial charge in [-0.25, -0.2) is 14.4 Å². The van der Waals surface area contributed by atoms with Crippen LogP contribution in [0.15, 0.2) is 12.3 Å². The van der Waals surface area contributed by atoms with E-state index in [1.165, 1.54) is 12.3 Å². The van der Waals surface area contributed by atoms with Gasteiger partial charge in [-0.05, 0) is 17.7 Å². The summed E-state index contributed by atoms with van der Waals surface area (Å²) in [5, 5.41) is 0.0661. The average Bonchev–Trinajstić information content (AvgIpc) is 2.00. The number of hydrogen-bond acceptors (Lipinski definition) is 3. The Hall–Kier alpha value is -0.740. The molecule has 0 atom stereocenters. The smallest absolute Gasteiger partial charge is 0.222 e. The third-order valence-corrected chi connectivity index (χ3v) is 1.93. The van der Waals surface area contributed by atoms with Crippen molar-refractivity contribution in [3.8, 4) is 0 Å². The molecule has 1 aromatic rings. The molecule has 0 radical (unpaired) electrons. The predicted octanol–water partition coefficient (Wildman–Crippen LogP) is 1.32. The molecule has 64 valence electrons. The SMILES string of the molecule is FC1(c2ccnc(Cl)n2)COC1. The number of ether oxygens (including phenoxy) is 1. The van der Waals surface area contributed by atoms with Crippen molar-refractivity contribution in [2.45, 2.75) is 5.67 Å². The topological polar surface area (TPSA) is 35.0 Å². The molecule has 0 amide bonds. The van der Waals surface area contributed by atoms with E-state index in [0.717, 1.165) is 0 Å². The zero-order chi connectivity index (χ0) is 8.60. The molecule has 0 bridgehead atoms. The van der Waals surface area contributed by atoms with E-state index in [4.69, 9.17) is 16.3 Å². The maximum Gasteiger partial charge on any atom is 0.222 e. The molecule has 2 heterocycles. The first-order chi connectivity index (χ1) is 5.71. The van der Waals surface area contributed by atoms with E-state index in [0.29, 0.717) is 5.69 Å². The van der Waals surface area contributed by atoms with Crippen LogP contribution in [0.3, 0.4) is 0 Å². The van der Waals surface area contributed by atoms with Crippen molar-refractivity contribution in [2.24, 2.45) is 0 Å². The molecule has 0 saturated carbocycles. The highest BCUT2D eigenvalue weighted by atomic mass is 35.5. The highest BCUT2D eigenvalue weighted by Gasteiger charge is 2.42. The van der Waals surface area contributed by atoms with Gasteiger partial charge in [0, 0.05) is 6.20 Å². The van der Waals surface area contributed by atoms with Crippen LogP contribution in [0.4, 0.5) is 4.39 Å². The average molecular weight is 189 g/mol. The molecular formula is C7H6ClFN2O. The van der Waals surface area contributed by atoms with Gasteiger partial charge in [-0.15, -0.1) is 0 Å². The third-order valence-electron chi connectivity index (χ3n) is 1.75. The maximum atomic E-state index is 13.5. The van der Waals surface area contributed by atoms with Gasteiger partial charge in [0.1, 0.15) is 0 Å². The van der Waals surface area contributed by atoms with Gasteiger partial charge < -0.3 is 4.74 Å². The lowest BCUT2D eigenvalue weighted by Gasteiger charge is -2.32. The van der Waals surface area contributed by atoms with Crippen molar-refractivity contribution < 1.29 is 9.13 Å². The Morgan fingerprint density at radius 2 is 2.33 bits per heavy atom. The number of nitrogens with zero attached hydrogens (tertiary/aromatic N) is 2. The van der Waals surface area contributed by atoms with E-state index in [9.17, 15) is 4.39 Å². The van der Waals surface area contributed by atoms with Crippen LogP contribution < -0.4 is 0 Å². The Morgan fingerprint density at radius 3 is 2.83 bits per heavy atom. The summed E-state index contributed by atoms with van der Waals surface area (Å²) in [6, 6.07) is 1.51. The van der Waals surface area contributed by atoms with Crippen molar-refractivity contribution >= 4 is 11.6 Å². The molecule has 1 aliphatic rings. The zero-order valence-corrected chi connectivity index (χ0v) is 6.88. The van der Waals surface area contributed by atoms with E-state index in [1.807, 2.05) is 0 Å².